The summed E-state index contributed by atoms with van der Waals surface area (Å²) < 4.78 is 0. The number of carboxylic acids is 1. The summed E-state index contributed by atoms with van der Waals surface area (Å²) in [6, 6.07) is -2.12. The van der Waals surface area contributed by atoms with Gasteiger partial charge in [0.1, 0.15) is 12.1 Å². The van der Waals surface area contributed by atoms with Crippen LogP contribution in [-0.2, 0) is 25.6 Å². The van der Waals surface area contributed by atoms with Crippen molar-refractivity contribution >= 4 is 23.7 Å². The summed E-state index contributed by atoms with van der Waals surface area (Å²) in [4.78, 5) is 54.1. The lowest BCUT2D eigenvalue weighted by Crippen LogP contribution is -2.57. The minimum atomic E-state index is -1.15. The van der Waals surface area contributed by atoms with Gasteiger partial charge in [-0.25, -0.2) is 20.2 Å². The maximum Gasteiger partial charge on any atom is 0.326 e. The molecule has 10 nitrogen and oxygen atoms in total. The van der Waals surface area contributed by atoms with Gasteiger partial charge in [0.25, 0.3) is 11.8 Å². The third-order valence-corrected chi connectivity index (χ3v) is 3.71. The zero-order chi connectivity index (χ0) is 19.3. The second-order valence-corrected chi connectivity index (χ2v) is 6.34. The summed E-state index contributed by atoms with van der Waals surface area (Å²) in [7, 11) is 0. The van der Waals surface area contributed by atoms with Crippen molar-refractivity contribution in [1.82, 2.24) is 25.7 Å². The lowest BCUT2D eigenvalue weighted by Gasteiger charge is -2.25. The maximum absolute atomic E-state index is 12.6. The predicted molar refractivity (Wildman–Crippen MR) is 89.2 cm³/mol. The Balaban J connectivity index is 2.13. The zero-order valence-electron chi connectivity index (χ0n) is 14.4. The smallest absolute Gasteiger partial charge is 0.326 e. The number of carboxylic acid groups (broad SMARTS) is 1. The first kappa shape index (κ1) is 19.3. The predicted octanol–water partition coefficient (Wildman–Crippen LogP) is -0.634. The summed E-state index contributed by atoms with van der Waals surface area (Å²) in [6.45, 7) is 3.69. The molecule has 26 heavy (non-hydrogen) atoms. The molecule has 0 saturated heterocycles. The molecule has 1 aliphatic rings. The Hall–Kier alpha value is -3.01. The number of imide groups is 1. The van der Waals surface area contributed by atoms with E-state index in [9.17, 15) is 24.3 Å². The molecule has 2 heterocycles. The molecule has 0 saturated carbocycles. The lowest BCUT2D eigenvalue weighted by atomic mass is 10.0. The molecule has 3 amide bonds. The fourth-order valence-corrected chi connectivity index (χ4v) is 2.46. The SMILES string of the molecule is CC(C)CC(NC(=O)C(Cc1cnc[nH]1)NN1C(=O)C=CC1=O)C(=O)O. The van der Waals surface area contributed by atoms with Gasteiger partial charge in [0, 0.05) is 30.5 Å². The number of aromatic amines is 1. The van der Waals surface area contributed by atoms with Crippen molar-refractivity contribution in [2.75, 3.05) is 0 Å². The molecule has 2 unspecified atom stereocenters. The number of hydrogen-bond acceptors (Lipinski definition) is 6. The first-order chi connectivity index (χ1) is 12.3. The van der Waals surface area contributed by atoms with Crippen LogP contribution in [0.1, 0.15) is 26.0 Å². The zero-order valence-corrected chi connectivity index (χ0v) is 14.4. The third kappa shape index (κ3) is 4.99. The lowest BCUT2D eigenvalue weighted by molar-refractivity contribution is -0.145. The van der Waals surface area contributed by atoms with Crippen molar-refractivity contribution in [3.05, 3.63) is 30.4 Å². The fraction of sp³-hybridized carbons (Fsp3) is 0.438. The van der Waals surface area contributed by atoms with E-state index in [1.54, 1.807) is 0 Å². The van der Waals surface area contributed by atoms with Gasteiger partial charge in [-0.3, -0.25) is 14.4 Å². The number of imidazole rings is 1. The average Bonchev–Trinajstić information content (AvgIpc) is 3.17. The van der Waals surface area contributed by atoms with Gasteiger partial charge >= 0.3 is 5.97 Å². The van der Waals surface area contributed by atoms with Crippen LogP contribution in [0.3, 0.4) is 0 Å². The van der Waals surface area contributed by atoms with Crippen LogP contribution in [0.2, 0.25) is 0 Å². The number of aliphatic carboxylic acids is 1. The third-order valence-electron chi connectivity index (χ3n) is 3.71. The Morgan fingerprint density at radius 2 is 1.88 bits per heavy atom. The van der Waals surface area contributed by atoms with Crippen LogP contribution in [0.5, 0.6) is 0 Å². The number of hydrazine groups is 1. The molecule has 1 aliphatic heterocycles. The molecule has 4 N–H and O–H groups in total. The number of H-pyrrole nitrogens is 1. The Labute approximate surface area is 149 Å². The number of nitrogens with one attached hydrogen (secondary N) is 3. The first-order valence-corrected chi connectivity index (χ1v) is 8.10. The summed E-state index contributed by atoms with van der Waals surface area (Å²) in [5.41, 5.74) is 3.15. The quantitative estimate of drug-likeness (QED) is 0.427. The highest BCUT2D eigenvalue weighted by atomic mass is 16.4. The number of carbonyl (C=O) groups excluding carboxylic acids is 3. The number of aromatic nitrogens is 2. The highest BCUT2D eigenvalue weighted by Gasteiger charge is 2.32. The van der Waals surface area contributed by atoms with Crippen LogP contribution in [0, 0.1) is 5.92 Å². The summed E-state index contributed by atoms with van der Waals surface area (Å²) >= 11 is 0. The van der Waals surface area contributed by atoms with Gasteiger partial charge in [0.15, 0.2) is 0 Å². The van der Waals surface area contributed by atoms with Crippen LogP contribution in [0.15, 0.2) is 24.7 Å². The van der Waals surface area contributed by atoms with Gasteiger partial charge in [0.05, 0.1) is 6.33 Å². The maximum atomic E-state index is 12.6. The Morgan fingerprint density at radius 1 is 1.23 bits per heavy atom. The van der Waals surface area contributed by atoms with Crippen molar-refractivity contribution in [2.24, 2.45) is 5.92 Å². The molecule has 10 heteroatoms. The number of rotatable bonds is 9. The number of carbonyl (C=O) groups is 4. The minimum Gasteiger partial charge on any atom is -0.480 e. The van der Waals surface area contributed by atoms with Crippen LogP contribution >= 0.6 is 0 Å². The molecule has 1 aromatic heterocycles. The van der Waals surface area contributed by atoms with Crippen LogP contribution in [0.25, 0.3) is 0 Å². The molecule has 0 aromatic carbocycles. The monoisotopic (exact) mass is 363 g/mol. The molecular formula is C16H21N5O5. The highest BCUT2D eigenvalue weighted by Crippen LogP contribution is 2.08. The average molecular weight is 363 g/mol. The Morgan fingerprint density at radius 3 is 2.38 bits per heavy atom. The summed E-state index contributed by atoms with van der Waals surface area (Å²) in [5, 5.41) is 12.5. The molecule has 1 aromatic rings. The van der Waals surface area contributed by atoms with Gasteiger partial charge in [-0.2, -0.15) is 0 Å². The van der Waals surface area contributed by atoms with E-state index in [1.807, 2.05) is 13.8 Å². The molecule has 0 radical (unpaired) electrons. The Kier molecular flexibility index (Phi) is 6.23. The molecule has 2 rings (SSSR count). The Bertz CT molecular complexity index is 695. The molecule has 140 valence electrons. The molecular weight excluding hydrogens is 342 g/mol. The summed E-state index contributed by atoms with van der Waals surface area (Å²) in [6.07, 6.45) is 5.42. The van der Waals surface area contributed by atoms with Gasteiger partial charge in [-0.15, -0.1) is 0 Å². The first-order valence-electron chi connectivity index (χ1n) is 8.10. The fourth-order valence-electron chi connectivity index (χ4n) is 2.46. The van der Waals surface area contributed by atoms with Gasteiger partial charge < -0.3 is 15.4 Å². The van der Waals surface area contributed by atoms with E-state index in [0.717, 1.165) is 17.2 Å². The molecule has 0 bridgehead atoms. The normalized spacial score (nSPS) is 16.2. The van der Waals surface area contributed by atoms with Crippen LogP contribution in [0.4, 0.5) is 0 Å². The number of amides is 3. The largest absolute Gasteiger partial charge is 0.480 e. The van der Waals surface area contributed by atoms with Crippen molar-refractivity contribution in [2.45, 2.75) is 38.8 Å². The molecule has 0 aliphatic carbocycles. The van der Waals surface area contributed by atoms with Crippen molar-refractivity contribution < 1.29 is 24.3 Å². The minimum absolute atomic E-state index is 0.0568. The number of hydrogen-bond donors (Lipinski definition) is 4. The van der Waals surface area contributed by atoms with E-state index in [4.69, 9.17) is 0 Å². The van der Waals surface area contributed by atoms with E-state index < -0.39 is 35.8 Å². The van der Waals surface area contributed by atoms with Crippen molar-refractivity contribution in [3.63, 3.8) is 0 Å². The standard InChI is InChI=1S/C16H21N5O5/c1-9(2)5-12(16(25)26)19-15(24)11(6-10-7-17-8-18-10)20-21-13(22)3-4-14(21)23/h3-4,7-9,11-12,20H,5-6H2,1-2H3,(H,17,18)(H,19,24)(H,25,26). The number of nitrogens with zero attached hydrogens (tertiary/aromatic N) is 2. The topological polar surface area (TPSA) is 144 Å². The van der Waals surface area contributed by atoms with Gasteiger partial charge in [-0.1, -0.05) is 13.8 Å². The van der Waals surface area contributed by atoms with Crippen molar-refractivity contribution in [1.29, 1.82) is 0 Å². The van der Waals surface area contributed by atoms with E-state index in [2.05, 4.69) is 20.7 Å². The van der Waals surface area contributed by atoms with E-state index >= 15 is 0 Å². The van der Waals surface area contributed by atoms with E-state index in [1.165, 1.54) is 12.5 Å². The molecule has 2 atom stereocenters. The molecule has 0 spiro atoms. The molecule has 0 fully saturated rings. The highest BCUT2D eigenvalue weighted by molar-refractivity contribution is 6.12. The second-order valence-electron chi connectivity index (χ2n) is 6.34. The van der Waals surface area contributed by atoms with Gasteiger partial charge in [-0.05, 0) is 12.3 Å². The van der Waals surface area contributed by atoms with E-state index in [0.29, 0.717) is 5.69 Å². The van der Waals surface area contributed by atoms with Crippen LogP contribution in [-0.4, -0.2) is 55.9 Å². The summed E-state index contributed by atoms with van der Waals surface area (Å²) in [5.74, 6) is -2.94. The second kappa shape index (κ2) is 8.39. The van der Waals surface area contributed by atoms with Crippen molar-refractivity contribution in [3.8, 4) is 0 Å². The van der Waals surface area contributed by atoms with Gasteiger partial charge in [0.2, 0.25) is 5.91 Å². The van der Waals surface area contributed by atoms with E-state index in [-0.39, 0.29) is 18.8 Å². The van der Waals surface area contributed by atoms with Crippen LogP contribution < -0.4 is 10.7 Å².